The van der Waals surface area contributed by atoms with Gasteiger partial charge in [0.05, 0.1) is 5.69 Å². The molecular formula is C12H13N. The summed E-state index contributed by atoms with van der Waals surface area (Å²) in [6.07, 6.45) is 7.21. The number of nitrogens with zero attached hydrogens (tertiary/aromatic N) is 1. The van der Waals surface area contributed by atoms with Gasteiger partial charge in [-0.2, -0.15) is 0 Å². The number of hydrogen-bond acceptors (Lipinski definition) is 1. The second-order valence-electron chi connectivity index (χ2n) is 3.99. The van der Waals surface area contributed by atoms with E-state index in [-0.39, 0.29) is 0 Å². The molecule has 0 amide bonds. The summed E-state index contributed by atoms with van der Waals surface area (Å²) in [6.45, 7) is 0. The molecule has 1 aliphatic heterocycles. The van der Waals surface area contributed by atoms with E-state index in [4.69, 9.17) is 0 Å². The fourth-order valence-electron chi connectivity index (χ4n) is 2.60. The minimum atomic E-state index is 0.775. The minimum absolute atomic E-state index is 0.775. The summed E-state index contributed by atoms with van der Waals surface area (Å²) < 4.78 is 0. The van der Waals surface area contributed by atoms with E-state index in [2.05, 4.69) is 29.4 Å². The van der Waals surface area contributed by atoms with Crippen molar-refractivity contribution in [3.63, 3.8) is 0 Å². The Kier molecular flexibility index (Phi) is 1.51. The summed E-state index contributed by atoms with van der Waals surface area (Å²) in [4.78, 5) is 4.46. The molecule has 1 unspecified atom stereocenters. The molecule has 0 saturated heterocycles. The van der Waals surface area contributed by atoms with Crippen LogP contribution in [0.15, 0.2) is 23.2 Å². The van der Waals surface area contributed by atoms with Crippen LogP contribution in [0, 0.1) is 0 Å². The lowest BCUT2D eigenvalue weighted by Crippen LogP contribution is -2.12. The Morgan fingerprint density at radius 1 is 1.31 bits per heavy atom. The average Bonchev–Trinajstić information content (AvgIpc) is 2.19. The van der Waals surface area contributed by atoms with Crippen LogP contribution in [0.5, 0.6) is 0 Å². The first-order valence-corrected chi connectivity index (χ1v) is 5.09. The van der Waals surface area contributed by atoms with E-state index in [0.717, 1.165) is 12.3 Å². The third-order valence-corrected chi connectivity index (χ3v) is 3.20. The topological polar surface area (TPSA) is 12.4 Å². The van der Waals surface area contributed by atoms with Crippen molar-refractivity contribution in [1.29, 1.82) is 0 Å². The Morgan fingerprint density at radius 3 is 3.31 bits per heavy atom. The van der Waals surface area contributed by atoms with E-state index >= 15 is 0 Å². The van der Waals surface area contributed by atoms with Gasteiger partial charge in [0, 0.05) is 6.21 Å². The molecule has 0 aromatic heterocycles. The number of rotatable bonds is 0. The zero-order valence-electron chi connectivity index (χ0n) is 7.66. The fraction of sp³-hybridized carbons (Fsp3) is 0.417. The van der Waals surface area contributed by atoms with Gasteiger partial charge in [0.1, 0.15) is 0 Å². The van der Waals surface area contributed by atoms with E-state index in [1.165, 1.54) is 24.9 Å². The predicted molar refractivity (Wildman–Crippen MR) is 54.9 cm³/mol. The van der Waals surface area contributed by atoms with Crippen molar-refractivity contribution in [2.24, 2.45) is 4.99 Å². The molecule has 2 aliphatic rings. The predicted octanol–water partition coefficient (Wildman–Crippen LogP) is 3.21. The van der Waals surface area contributed by atoms with Crippen LogP contribution in [0.2, 0.25) is 0 Å². The van der Waals surface area contributed by atoms with Gasteiger partial charge in [-0.25, -0.2) is 0 Å². The number of aliphatic imine (C=N–C) groups is 1. The number of benzene rings is 1. The van der Waals surface area contributed by atoms with E-state index < -0.39 is 0 Å². The standard InChI is InChI=1S/C12H13N/c1-3-9-5-2-6-11-12(9)10(4-1)7-8-13-11/h2,5-6,8,10H,1,3-4,7H2. The summed E-state index contributed by atoms with van der Waals surface area (Å²) in [6, 6.07) is 6.55. The molecule has 1 aromatic rings. The number of aryl methyl sites for hydroxylation is 1. The van der Waals surface area contributed by atoms with Crippen molar-refractivity contribution in [1.82, 2.24) is 0 Å². The average molecular weight is 171 g/mol. The summed E-state index contributed by atoms with van der Waals surface area (Å²) in [7, 11) is 0. The van der Waals surface area contributed by atoms with Crippen LogP contribution in [0.25, 0.3) is 0 Å². The zero-order valence-corrected chi connectivity index (χ0v) is 7.66. The quantitative estimate of drug-likeness (QED) is 0.568. The molecule has 1 heterocycles. The van der Waals surface area contributed by atoms with Gasteiger partial charge >= 0.3 is 0 Å². The van der Waals surface area contributed by atoms with Crippen molar-refractivity contribution in [3.8, 4) is 0 Å². The smallest absolute Gasteiger partial charge is 0.0663 e. The molecular weight excluding hydrogens is 158 g/mol. The molecule has 66 valence electrons. The van der Waals surface area contributed by atoms with Gasteiger partial charge in [0.2, 0.25) is 0 Å². The Morgan fingerprint density at radius 2 is 2.31 bits per heavy atom. The Hall–Kier alpha value is -1.11. The van der Waals surface area contributed by atoms with Gasteiger partial charge in [-0.3, -0.25) is 4.99 Å². The van der Waals surface area contributed by atoms with E-state index in [9.17, 15) is 0 Å². The molecule has 13 heavy (non-hydrogen) atoms. The molecule has 0 radical (unpaired) electrons. The van der Waals surface area contributed by atoms with Crippen molar-refractivity contribution in [2.45, 2.75) is 31.6 Å². The molecule has 1 heteroatoms. The lowest BCUT2D eigenvalue weighted by Gasteiger charge is -2.28. The molecule has 0 bridgehead atoms. The molecule has 1 nitrogen and oxygen atoms in total. The van der Waals surface area contributed by atoms with Crippen LogP contribution in [0.1, 0.15) is 36.3 Å². The second kappa shape index (κ2) is 2.69. The van der Waals surface area contributed by atoms with Crippen LogP contribution in [0.3, 0.4) is 0 Å². The monoisotopic (exact) mass is 171 g/mol. The van der Waals surface area contributed by atoms with Gasteiger partial charge in [0.15, 0.2) is 0 Å². The highest BCUT2D eigenvalue weighted by atomic mass is 14.7. The summed E-state index contributed by atoms with van der Waals surface area (Å²) in [5.74, 6) is 0.775. The maximum atomic E-state index is 4.46. The molecule has 0 saturated carbocycles. The van der Waals surface area contributed by atoms with Gasteiger partial charge in [-0.15, -0.1) is 0 Å². The van der Waals surface area contributed by atoms with Crippen molar-refractivity contribution in [2.75, 3.05) is 0 Å². The Bertz CT molecular complexity index is 365. The van der Waals surface area contributed by atoms with Crippen molar-refractivity contribution in [3.05, 3.63) is 29.3 Å². The molecule has 1 atom stereocenters. The molecule has 3 rings (SSSR count). The highest BCUT2D eigenvalue weighted by Gasteiger charge is 2.24. The third-order valence-electron chi connectivity index (χ3n) is 3.20. The van der Waals surface area contributed by atoms with Crippen LogP contribution in [-0.4, -0.2) is 6.21 Å². The third kappa shape index (κ3) is 1.03. The van der Waals surface area contributed by atoms with Crippen molar-refractivity contribution >= 4 is 11.9 Å². The molecule has 1 aliphatic carbocycles. The maximum absolute atomic E-state index is 4.46. The molecule has 1 aromatic carbocycles. The van der Waals surface area contributed by atoms with Gasteiger partial charge < -0.3 is 0 Å². The van der Waals surface area contributed by atoms with Crippen molar-refractivity contribution < 1.29 is 0 Å². The first kappa shape index (κ1) is 7.31. The lowest BCUT2D eigenvalue weighted by atomic mass is 9.79. The maximum Gasteiger partial charge on any atom is 0.0663 e. The van der Waals surface area contributed by atoms with Crippen LogP contribution < -0.4 is 0 Å². The van der Waals surface area contributed by atoms with Gasteiger partial charge in [-0.05, 0) is 48.8 Å². The van der Waals surface area contributed by atoms with Gasteiger partial charge in [-0.1, -0.05) is 12.1 Å². The Labute approximate surface area is 78.5 Å². The number of hydrogen-bond donors (Lipinski definition) is 0. The van der Waals surface area contributed by atoms with Crippen LogP contribution in [-0.2, 0) is 6.42 Å². The fourth-order valence-corrected chi connectivity index (χ4v) is 2.60. The van der Waals surface area contributed by atoms with E-state index in [0.29, 0.717) is 0 Å². The van der Waals surface area contributed by atoms with Gasteiger partial charge in [0.25, 0.3) is 0 Å². The van der Waals surface area contributed by atoms with Crippen LogP contribution >= 0.6 is 0 Å². The SMILES string of the molecule is C1=Nc2cccc3c2C(C1)CCC3. The first-order valence-electron chi connectivity index (χ1n) is 5.09. The first-order chi connectivity index (χ1) is 6.45. The second-order valence-corrected chi connectivity index (χ2v) is 3.99. The molecule has 0 N–H and O–H groups in total. The summed E-state index contributed by atoms with van der Waals surface area (Å²) in [5, 5.41) is 0. The normalized spacial score (nSPS) is 24.2. The molecule has 0 fully saturated rings. The summed E-state index contributed by atoms with van der Waals surface area (Å²) in [5.41, 5.74) is 4.33. The highest BCUT2D eigenvalue weighted by Crippen LogP contribution is 2.41. The van der Waals surface area contributed by atoms with E-state index in [1.54, 1.807) is 11.1 Å². The van der Waals surface area contributed by atoms with E-state index in [1.807, 2.05) is 0 Å². The Balaban J connectivity index is 2.24. The van der Waals surface area contributed by atoms with Crippen LogP contribution in [0.4, 0.5) is 5.69 Å². The summed E-state index contributed by atoms with van der Waals surface area (Å²) >= 11 is 0. The highest BCUT2D eigenvalue weighted by molar-refractivity contribution is 5.71. The molecule has 0 spiro atoms. The lowest BCUT2D eigenvalue weighted by molar-refractivity contribution is 0.567. The largest absolute Gasteiger partial charge is 0.261 e. The minimum Gasteiger partial charge on any atom is -0.261 e. The zero-order chi connectivity index (χ0) is 8.67.